The van der Waals surface area contributed by atoms with Gasteiger partial charge in [-0.3, -0.25) is 0 Å². The van der Waals surface area contributed by atoms with E-state index in [0.717, 1.165) is 18.5 Å². The van der Waals surface area contributed by atoms with E-state index in [0.29, 0.717) is 11.8 Å². The highest BCUT2D eigenvalue weighted by molar-refractivity contribution is 5.55. The molecule has 1 heterocycles. The number of aryl methyl sites for hydroxylation is 2. The predicted octanol–water partition coefficient (Wildman–Crippen LogP) is 3.28. The van der Waals surface area contributed by atoms with Crippen LogP contribution in [0, 0.1) is 13.8 Å². The van der Waals surface area contributed by atoms with Crippen LogP contribution in [0.25, 0.3) is 11.5 Å². The molecule has 0 atom stereocenters. The third kappa shape index (κ3) is 3.90. The summed E-state index contributed by atoms with van der Waals surface area (Å²) in [4.78, 5) is 0. The molecule has 0 aliphatic rings. The van der Waals surface area contributed by atoms with Crippen LogP contribution in [-0.4, -0.2) is 22.3 Å². The van der Waals surface area contributed by atoms with Crippen LogP contribution < -0.4 is 5.32 Å². The molecule has 2 aromatic rings. The molecule has 1 N–H and O–H groups in total. The average molecular weight is 273 g/mol. The molecule has 4 nitrogen and oxygen atoms in total. The van der Waals surface area contributed by atoms with Crippen molar-refractivity contribution in [2.75, 3.05) is 6.54 Å². The standard InChI is InChI=1S/C16H23N3O/c1-11-6-7-13(10-12(11)2)15-19-18-14(20-15)8-9-17-16(3,4)5/h6-7,10,17H,8-9H2,1-5H3. The van der Waals surface area contributed by atoms with Gasteiger partial charge in [0.2, 0.25) is 11.8 Å². The molecule has 2 rings (SSSR count). The quantitative estimate of drug-likeness (QED) is 0.928. The van der Waals surface area contributed by atoms with Crippen LogP contribution >= 0.6 is 0 Å². The summed E-state index contributed by atoms with van der Waals surface area (Å²) in [7, 11) is 0. The predicted molar refractivity (Wildman–Crippen MR) is 80.7 cm³/mol. The van der Waals surface area contributed by atoms with E-state index in [1.54, 1.807) is 0 Å². The Bertz CT molecular complexity index is 582. The molecule has 20 heavy (non-hydrogen) atoms. The van der Waals surface area contributed by atoms with Gasteiger partial charge in [-0.25, -0.2) is 0 Å². The highest BCUT2D eigenvalue weighted by atomic mass is 16.4. The van der Waals surface area contributed by atoms with Crippen molar-refractivity contribution in [2.24, 2.45) is 0 Å². The highest BCUT2D eigenvalue weighted by Crippen LogP contribution is 2.21. The lowest BCUT2D eigenvalue weighted by atomic mass is 10.1. The summed E-state index contributed by atoms with van der Waals surface area (Å²) in [5, 5.41) is 11.6. The lowest BCUT2D eigenvalue weighted by Crippen LogP contribution is -2.37. The number of benzene rings is 1. The van der Waals surface area contributed by atoms with Gasteiger partial charge >= 0.3 is 0 Å². The van der Waals surface area contributed by atoms with E-state index in [4.69, 9.17) is 4.42 Å². The molecule has 0 fully saturated rings. The van der Waals surface area contributed by atoms with E-state index in [1.807, 2.05) is 6.07 Å². The number of nitrogens with one attached hydrogen (secondary N) is 1. The summed E-state index contributed by atoms with van der Waals surface area (Å²) in [5.74, 6) is 1.27. The third-order valence-corrected chi connectivity index (χ3v) is 3.21. The van der Waals surface area contributed by atoms with Gasteiger partial charge in [0, 0.05) is 24.1 Å². The van der Waals surface area contributed by atoms with Crippen LogP contribution in [0.15, 0.2) is 22.6 Å². The molecular weight excluding hydrogens is 250 g/mol. The Balaban J connectivity index is 2.03. The SMILES string of the molecule is Cc1ccc(-c2nnc(CCNC(C)(C)C)o2)cc1C. The van der Waals surface area contributed by atoms with Crippen molar-refractivity contribution in [3.8, 4) is 11.5 Å². The number of hydrogen-bond acceptors (Lipinski definition) is 4. The van der Waals surface area contributed by atoms with Gasteiger partial charge < -0.3 is 9.73 Å². The van der Waals surface area contributed by atoms with Crippen LogP contribution in [-0.2, 0) is 6.42 Å². The molecule has 0 spiro atoms. The van der Waals surface area contributed by atoms with Crippen molar-refractivity contribution < 1.29 is 4.42 Å². The van der Waals surface area contributed by atoms with Gasteiger partial charge in [0.05, 0.1) is 0 Å². The Hall–Kier alpha value is -1.68. The third-order valence-electron chi connectivity index (χ3n) is 3.21. The van der Waals surface area contributed by atoms with Gasteiger partial charge in [0.15, 0.2) is 0 Å². The summed E-state index contributed by atoms with van der Waals surface area (Å²) in [6, 6.07) is 6.18. The summed E-state index contributed by atoms with van der Waals surface area (Å²) in [6.45, 7) is 11.4. The van der Waals surface area contributed by atoms with Crippen molar-refractivity contribution in [3.05, 3.63) is 35.2 Å². The lowest BCUT2D eigenvalue weighted by molar-refractivity contribution is 0.412. The Labute approximate surface area is 120 Å². The molecule has 0 amide bonds. The molecule has 0 saturated carbocycles. The summed E-state index contributed by atoms with van der Waals surface area (Å²) >= 11 is 0. The monoisotopic (exact) mass is 273 g/mol. The fourth-order valence-electron chi connectivity index (χ4n) is 1.89. The molecule has 108 valence electrons. The molecule has 1 aromatic carbocycles. The molecule has 0 radical (unpaired) electrons. The molecule has 1 aromatic heterocycles. The van der Waals surface area contributed by atoms with E-state index in [9.17, 15) is 0 Å². The number of aromatic nitrogens is 2. The maximum atomic E-state index is 5.72. The molecular formula is C16H23N3O. The van der Waals surface area contributed by atoms with E-state index in [2.05, 4.69) is 62.3 Å². The van der Waals surface area contributed by atoms with Gasteiger partial charge in [-0.05, 0) is 57.9 Å². The van der Waals surface area contributed by atoms with E-state index in [1.165, 1.54) is 11.1 Å². The van der Waals surface area contributed by atoms with Gasteiger partial charge in [0.25, 0.3) is 0 Å². The highest BCUT2D eigenvalue weighted by Gasteiger charge is 2.11. The first-order valence-electron chi connectivity index (χ1n) is 7.00. The van der Waals surface area contributed by atoms with E-state index < -0.39 is 0 Å². The molecule has 0 saturated heterocycles. The Morgan fingerprint density at radius 1 is 1.10 bits per heavy atom. The van der Waals surface area contributed by atoms with Crippen LogP contribution in [0.1, 0.15) is 37.8 Å². The molecule has 0 aliphatic heterocycles. The first kappa shape index (κ1) is 14.7. The maximum Gasteiger partial charge on any atom is 0.247 e. The second-order valence-electron chi connectivity index (χ2n) is 6.23. The fourth-order valence-corrected chi connectivity index (χ4v) is 1.89. The van der Waals surface area contributed by atoms with E-state index >= 15 is 0 Å². The molecule has 0 bridgehead atoms. The minimum atomic E-state index is 0.108. The van der Waals surface area contributed by atoms with Crippen LogP contribution in [0.5, 0.6) is 0 Å². The summed E-state index contributed by atoms with van der Waals surface area (Å²) in [5.41, 5.74) is 3.59. The number of nitrogens with zero attached hydrogens (tertiary/aromatic N) is 2. The van der Waals surface area contributed by atoms with Gasteiger partial charge in [-0.2, -0.15) is 0 Å². The maximum absolute atomic E-state index is 5.72. The van der Waals surface area contributed by atoms with Gasteiger partial charge in [-0.1, -0.05) is 6.07 Å². The number of hydrogen-bond donors (Lipinski definition) is 1. The average Bonchev–Trinajstić information content (AvgIpc) is 2.80. The smallest absolute Gasteiger partial charge is 0.247 e. The van der Waals surface area contributed by atoms with Crippen molar-refractivity contribution in [1.29, 1.82) is 0 Å². The minimum Gasteiger partial charge on any atom is -0.421 e. The molecule has 0 unspecified atom stereocenters. The van der Waals surface area contributed by atoms with Crippen molar-refractivity contribution in [2.45, 2.75) is 46.6 Å². The van der Waals surface area contributed by atoms with Gasteiger partial charge in [-0.15, -0.1) is 10.2 Å². The summed E-state index contributed by atoms with van der Waals surface area (Å²) < 4.78 is 5.72. The van der Waals surface area contributed by atoms with Gasteiger partial charge in [0.1, 0.15) is 0 Å². The molecule has 4 heteroatoms. The zero-order valence-corrected chi connectivity index (χ0v) is 12.9. The normalized spacial score (nSPS) is 11.8. The Kier molecular flexibility index (Phi) is 4.23. The summed E-state index contributed by atoms with van der Waals surface area (Å²) in [6.07, 6.45) is 0.745. The first-order chi connectivity index (χ1) is 9.35. The topological polar surface area (TPSA) is 51.0 Å². The van der Waals surface area contributed by atoms with Crippen LogP contribution in [0.3, 0.4) is 0 Å². The van der Waals surface area contributed by atoms with Crippen molar-refractivity contribution in [1.82, 2.24) is 15.5 Å². The second-order valence-corrected chi connectivity index (χ2v) is 6.23. The zero-order chi connectivity index (χ0) is 14.8. The number of rotatable bonds is 4. The van der Waals surface area contributed by atoms with Crippen LogP contribution in [0.4, 0.5) is 0 Å². The fraction of sp³-hybridized carbons (Fsp3) is 0.500. The van der Waals surface area contributed by atoms with Crippen molar-refractivity contribution >= 4 is 0 Å². The largest absolute Gasteiger partial charge is 0.421 e. The molecule has 0 aliphatic carbocycles. The van der Waals surface area contributed by atoms with Crippen LogP contribution in [0.2, 0.25) is 0 Å². The van der Waals surface area contributed by atoms with E-state index in [-0.39, 0.29) is 5.54 Å². The second kappa shape index (κ2) is 5.75. The zero-order valence-electron chi connectivity index (χ0n) is 12.9. The Morgan fingerprint density at radius 2 is 1.85 bits per heavy atom. The first-order valence-corrected chi connectivity index (χ1v) is 7.00. The lowest BCUT2D eigenvalue weighted by Gasteiger charge is -2.19. The Morgan fingerprint density at radius 3 is 2.50 bits per heavy atom. The minimum absolute atomic E-state index is 0.108. The van der Waals surface area contributed by atoms with Crippen molar-refractivity contribution in [3.63, 3.8) is 0 Å².